The van der Waals surface area contributed by atoms with Crippen molar-refractivity contribution in [1.29, 1.82) is 0 Å². The number of amides is 1. The summed E-state index contributed by atoms with van der Waals surface area (Å²) >= 11 is 0. The Morgan fingerprint density at radius 3 is 2.72 bits per heavy atom. The quantitative estimate of drug-likeness (QED) is 0.661. The van der Waals surface area contributed by atoms with E-state index in [1.54, 1.807) is 6.92 Å². The summed E-state index contributed by atoms with van der Waals surface area (Å²) in [5, 5.41) is 11.0. The van der Waals surface area contributed by atoms with E-state index in [0.29, 0.717) is 12.2 Å². The molecule has 4 N–H and O–H groups in total. The molecule has 1 aromatic heterocycles. The summed E-state index contributed by atoms with van der Waals surface area (Å²) in [5.41, 5.74) is 5.63. The number of rotatable bonds is 5. The molecule has 7 heteroatoms. The van der Waals surface area contributed by atoms with Crippen LogP contribution in [0.3, 0.4) is 0 Å². The van der Waals surface area contributed by atoms with Gasteiger partial charge < -0.3 is 20.7 Å². The number of carbonyl (C=O) groups excluding carboxylic acids is 1. The van der Waals surface area contributed by atoms with Crippen LogP contribution in [0.5, 0.6) is 0 Å². The van der Waals surface area contributed by atoms with E-state index in [1.165, 1.54) is 22.9 Å². The second-order valence-electron chi connectivity index (χ2n) is 3.74. The molecule has 0 aromatic carbocycles. The number of carbonyl (C=O) groups is 2. The van der Waals surface area contributed by atoms with Crippen molar-refractivity contribution in [2.45, 2.75) is 25.9 Å². The number of aliphatic carboxylic acids is 1. The molecule has 0 aliphatic heterocycles. The summed E-state index contributed by atoms with van der Waals surface area (Å²) in [6.07, 6.45) is 1.03. The Bertz CT molecular complexity index is 509. The Labute approximate surface area is 103 Å². The lowest BCUT2D eigenvalue weighted by atomic mass is 10.2. The zero-order valence-corrected chi connectivity index (χ0v) is 9.92. The fourth-order valence-corrected chi connectivity index (χ4v) is 1.37. The average molecular weight is 253 g/mol. The standard InChI is InChI=1S/C11H15N3O4/c1-2-14-6-7(3-4-9(14)15)13-11(18)8(12)5-10(16)17/h3-4,6,8H,2,5,12H2,1H3,(H,13,18)(H,16,17). The molecular formula is C11H15N3O4. The second-order valence-corrected chi connectivity index (χ2v) is 3.74. The largest absolute Gasteiger partial charge is 0.481 e. The molecule has 0 radical (unpaired) electrons. The number of nitrogens with zero attached hydrogens (tertiary/aromatic N) is 1. The maximum absolute atomic E-state index is 11.5. The minimum absolute atomic E-state index is 0.176. The van der Waals surface area contributed by atoms with Crippen LogP contribution in [0, 0.1) is 0 Å². The summed E-state index contributed by atoms with van der Waals surface area (Å²) < 4.78 is 1.42. The molecule has 18 heavy (non-hydrogen) atoms. The lowest BCUT2D eigenvalue weighted by Gasteiger charge is -2.11. The first kappa shape index (κ1) is 13.9. The molecule has 0 bridgehead atoms. The van der Waals surface area contributed by atoms with Crippen molar-refractivity contribution in [2.75, 3.05) is 5.32 Å². The van der Waals surface area contributed by atoms with E-state index >= 15 is 0 Å². The smallest absolute Gasteiger partial charge is 0.305 e. The van der Waals surface area contributed by atoms with Crippen molar-refractivity contribution in [3.05, 3.63) is 28.7 Å². The van der Waals surface area contributed by atoms with Crippen molar-refractivity contribution in [1.82, 2.24) is 4.57 Å². The van der Waals surface area contributed by atoms with Crippen molar-refractivity contribution >= 4 is 17.6 Å². The molecule has 1 heterocycles. The molecule has 1 unspecified atom stereocenters. The molecule has 98 valence electrons. The molecule has 1 rings (SSSR count). The van der Waals surface area contributed by atoms with Crippen LogP contribution in [-0.2, 0) is 16.1 Å². The van der Waals surface area contributed by atoms with Crippen molar-refractivity contribution in [3.8, 4) is 0 Å². The Hall–Kier alpha value is -2.15. The summed E-state index contributed by atoms with van der Waals surface area (Å²) in [7, 11) is 0. The molecule has 1 atom stereocenters. The fourth-order valence-electron chi connectivity index (χ4n) is 1.37. The Morgan fingerprint density at radius 1 is 1.50 bits per heavy atom. The highest BCUT2D eigenvalue weighted by molar-refractivity contribution is 5.96. The van der Waals surface area contributed by atoms with E-state index < -0.39 is 24.3 Å². The first-order valence-electron chi connectivity index (χ1n) is 5.42. The van der Waals surface area contributed by atoms with Crippen molar-refractivity contribution in [3.63, 3.8) is 0 Å². The predicted molar refractivity (Wildman–Crippen MR) is 65.2 cm³/mol. The highest BCUT2D eigenvalue weighted by Crippen LogP contribution is 2.04. The lowest BCUT2D eigenvalue weighted by Crippen LogP contribution is -2.37. The van der Waals surface area contributed by atoms with Gasteiger partial charge >= 0.3 is 5.97 Å². The van der Waals surface area contributed by atoms with Gasteiger partial charge in [0.15, 0.2) is 0 Å². The number of aryl methyl sites for hydroxylation is 1. The number of carboxylic acid groups (broad SMARTS) is 1. The third-order valence-corrected chi connectivity index (χ3v) is 2.32. The molecular weight excluding hydrogens is 238 g/mol. The van der Waals surface area contributed by atoms with Gasteiger partial charge in [-0.1, -0.05) is 0 Å². The normalized spacial score (nSPS) is 11.9. The van der Waals surface area contributed by atoms with E-state index in [-0.39, 0.29) is 5.56 Å². The van der Waals surface area contributed by atoms with E-state index in [4.69, 9.17) is 10.8 Å². The molecule has 1 aromatic rings. The second kappa shape index (κ2) is 5.97. The van der Waals surface area contributed by atoms with Crippen LogP contribution >= 0.6 is 0 Å². The zero-order valence-electron chi connectivity index (χ0n) is 9.92. The van der Waals surface area contributed by atoms with Gasteiger partial charge in [0.05, 0.1) is 18.2 Å². The highest BCUT2D eigenvalue weighted by atomic mass is 16.4. The number of aromatic nitrogens is 1. The van der Waals surface area contributed by atoms with E-state index in [9.17, 15) is 14.4 Å². The highest BCUT2D eigenvalue weighted by Gasteiger charge is 2.17. The fraction of sp³-hybridized carbons (Fsp3) is 0.364. The van der Waals surface area contributed by atoms with Crippen LogP contribution in [0.4, 0.5) is 5.69 Å². The molecule has 0 fully saturated rings. The Balaban J connectivity index is 2.76. The van der Waals surface area contributed by atoms with Crippen LogP contribution in [0.15, 0.2) is 23.1 Å². The molecule has 0 aliphatic rings. The molecule has 0 spiro atoms. The Morgan fingerprint density at radius 2 is 2.17 bits per heavy atom. The van der Waals surface area contributed by atoms with Crippen LogP contribution in [0.1, 0.15) is 13.3 Å². The van der Waals surface area contributed by atoms with Crippen molar-refractivity contribution in [2.24, 2.45) is 5.73 Å². The number of pyridine rings is 1. The zero-order chi connectivity index (χ0) is 13.7. The molecule has 0 saturated carbocycles. The van der Waals surface area contributed by atoms with E-state index in [1.807, 2.05) is 0 Å². The molecule has 0 aliphatic carbocycles. The van der Waals surface area contributed by atoms with Crippen molar-refractivity contribution < 1.29 is 14.7 Å². The number of nitrogens with two attached hydrogens (primary N) is 1. The number of carboxylic acids is 1. The maximum atomic E-state index is 11.5. The van der Waals surface area contributed by atoms with E-state index in [2.05, 4.69) is 5.32 Å². The Kier molecular flexibility index (Phi) is 4.61. The molecule has 0 saturated heterocycles. The average Bonchev–Trinajstić information content (AvgIpc) is 2.30. The number of anilines is 1. The van der Waals surface area contributed by atoms with Gasteiger partial charge in [-0.2, -0.15) is 0 Å². The van der Waals surface area contributed by atoms with Crippen LogP contribution < -0.4 is 16.6 Å². The van der Waals surface area contributed by atoms with Gasteiger partial charge in [0.25, 0.3) is 5.56 Å². The van der Waals surface area contributed by atoms with Crippen LogP contribution in [0.25, 0.3) is 0 Å². The molecule has 1 amide bonds. The monoisotopic (exact) mass is 253 g/mol. The lowest BCUT2D eigenvalue weighted by molar-refractivity contribution is -0.138. The first-order valence-corrected chi connectivity index (χ1v) is 5.42. The third-order valence-electron chi connectivity index (χ3n) is 2.32. The maximum Gasteiger partial charge on any atom is 0.305 e. The van der Waals surface area contributed by atoms with Gasteiger partial charge in [0, 0.05) is 18.8 Å². The van der Waals surface area contributed by atoms with Gasteiger partial charge in [0.2, 0.25) is 5.91 Å². The number of nitrogens with one attached hydrogen (secondary N) is 1. The summed E-state index contributed by atoms with van der Waals surface area (Å²) in [6.45, 7) is 2.27. The summed E-state index contributed by atoms with van der Waals surface area (Å²) in [6, 6.07) is 1.64. The van der Waals surface area contributed by atoms with E-state index in [0.717, 1.165) is 0 Å². The van der Waals surface area contributed by atoms with Gasteiger partial charge in [0.1, 0.15) is 0 Å². The van der Waals surface area contributed by atoms with Crippen LogP contribution in [0.2, 0.25) is 0 Å². The number of hydrogen-bond donors (Lipinski definition) is 3. The molecule has 7 nitrogen and oxygen atoms in total. The topological polar surface area (TPSA) is 114 Å². The SMILES string of the molecule is CCn1cc(NC(=O)C(N)CC(=O)O)ccc1=O. The van der Waals surface area contributed by atoms with Gasteiger partial charge in [-0.15, -0.1) is 0 Å². The van der Waals surface area contributed by atoms with Gasteiger partial charge in [-0.25, -0.2) is 0 Å². The number of hydrogen-bond acceptors (Lipinski definition) is 4. The van der Waals surface area contributed by atoms with Gasteiger partial charge in [-0.3, -0.25) is 14.4 Å². The van der Waals surface area contributed by atoms with Gasteiger partial charge in [-0.05, 0) is 13.0 Å². The predicted octanol–water partition coefficient (Wildman–Crippen LogP) is -0.391. The first-order chi connectivity index (χ1) is 8.43. The minimum atomic E-state index is -1.14. The van der Waals surface area contributed by atoms with Crippen LogP contribution in [-0.4, -0.2) is 27.6 Å². The minimum Gasteiger partial charge on any atom is -0.481 e. The summed E-state index contributed by atoms with van der Waals surface area (Å²) in [4.78, 5) is 33.3. The third kappa shape index (κ3) is 3.70. The summed E-state index contributed by atoms with van der Waals surface area (Å²) in [5.74, 6) is -1.74.